The van der Waals surface area contributed by atoms with Crippen LogP contribution < -0.4 is 10.6 Å². The first-order valence-corrected chi connectivity index (χ1v) is 5.55. The highest BCUT2D eigenvalue weighted by atomic mass is 32.1. The van der Waals surface area contributed by atoms with Crippen molar-refractivity contribution in [3.05, 3.63) is 26.4 Å². The molecule has 0 aromatic carbocycles. The van der Waals surface area contributed by atoms with E-state index >= 15 is 0 Å². The van der Waals surface area contributed by atoms with E-state index in [0.29, 0.717) is 17.2 Å². The number of nitrogens with two attached hydrogens (primary N) is 1. The predicted octanol–water partition coefficient (Wildman–Crippen LogP) is 0.700. The first kappa shape index (κ1) is 9.35. The Balaban J connectivity index is 2.36. The van der Waals surface area contributed by atoms with Crippen LogP contribution in [0, 0.1) is 6.92 Å². The summed E-state index contributed by atoms with van der Waals surface area (Å²) >= 11 is 2.32. The zero-order valence-corrected chi connectivity index (χ0v) is 9.06. The van der Waals surface area contributed by atoms with Crippen molar-refractivity contribution in [1.29, 1.82) is 0 Å². The van der Waals surface area contributed by atoms with Crippen molar-refractivity contribution in [2.75, 3.05) is 5.73 Å². The van der Waals surface area contributed by atoms with Crippen LogP contribution in [0.25, 0.3) is 0 Å². The van der Waals surface area contributed by atoms with E-state index in [2.05, 4.69) is 9.59 Å². The number of aryl methyl sites for hydroxylation is 1. The van der Waals surface area contributed by atoms with Crippen molar-refractivity contribution in [3.8, 4) is 0 Å². The maximum Gasteiger partial charge on any atom is 0.307 e. The monoisotopic (exact) mass is 228 g/mol. The minimum Gasteiger partial charge on any atom is -0.388 e. The minimum atomic E-state index is 0.00917. The Hall–Kier alpha value is -1.21. The third-order valence-corrected chi connectivity index (χ3v) is 3.35. The van der Waals surface area contributed by atoms with Gasteiger partial charge in [0.2, 0.25) is 0 Å². The molecule has 2 aromatic heterocycles. The van der Waals surface area contributed by atoms with Crippen LogP contribution in [0.3, 0.4) is 0 Å². The summed E-state index contributed by atoms with van der Waals surface area (Å²) in [5.74, 6) is 0. The van der Waals surface area contributed by atoms with Gasteiger partial charge in [0.1, 0.15) is 10.7 Å². The second kappa shape index (κ2) is 3.50. The van der Waals surface area contributed by atoms with E-state index in [-0.39, 0.29) is 4.87 Å². The molecule has 0 saturated carbocycles. The minimum absolute atomic E-state index is 0.00917. The lowest BCUT2D eigenvalue weighted by Gasteiger charge is -2.00. The normalized spacial score (nSPS) is 10.6. The quantitative estimate of drug-likeness (QED) is 0.821. The zero-order valence-electron chi connectivity index (χ0n) is 7.43. The fraction of sp³-hybridized carbons (Fsp3) is 0.286. The van der Waals surface area contributed by atoms with E-state index in [4.69, 9.17) is 5.73 Å². The van der Waals surface area contributed by atoms with Gasteiger partial charge in [0.05, 0.1) is 6.54 Å². The largest absolute Gasteiger partial charge is 0.388 e. The predicted molar refractivity (Wildman–Crippen MR) is 56.7 cm³/mol. The van der Waals surface area contributed by atoms with Crippen LogP contribution in [0.15, 0.2) is 10.2 Å². The number of hydrogen-bond donors (Lipinski definition) is 1. The summed E-state index contributed by atoms with van der Waals surface area (Å²) in [5.41, 5.74) is 7.23. The van der Waals surface area contributed by atoms with Crippen LogP contribution in [0.1, 0.15) is 11.4 Å². The summed E-state index contributed by atoms with van der Waals surface area (Å²) in [4.78, 5) is 11.4. The molecule has 14 heavy (non-hydrogen) atoms. The number of nitrogens with zero attached hydrogens (tertiary/aromatic N) is 3. The SMILES string of the molecule is Cc1csc(=O)n1Cc1nnsc1N. The Morgan fingerprint density at radius 3 is 2.93 bits per heavy atom. The molecule has 0 atom stereocenters. The molecular weight excluding hydrogens is 220 g/mol. The van der Waals surface area contributed by atoms with Gasteiger partial charge >= 0.3 is 4.87 Å². The summed E-state index contributed by atoms with van der Waals surface area (Å²) in [6.07, 6.45) is 0. The first-order valence-electron chi connectivity index (χ1n) is 3.90. The van der Waals surface area contributed by atoms with E-state index in [9.17, 15) is 4.79 Å². The van der Waals surface area contributed by atoms with Crippen LogP contribution >= 0.6 is 22.9 Å². The lowest BCUT2D eigenvalue weighted by Crippen LogP contribution is -2.16. The Bertz CT molecular complexity index is 498. The molecule has 0 aliphatic heterocycles. The molecule has 2 N–H and O–H groups in total. The van der Waals surface area contributed by atoms with Gasteiger partial charge in [-0.2, -0.15) is 0 Å². The average molecular weight is 228 g/mol. The van der Waals surface area contributed by atoms with Crippen LogP contribution in [0.4, 0.5) is 5.00 Å². The fourth-order valence-corrected chi connectivity index (χ4v) is 2.24. The van der Waals surface area contributed by atoms with Crippen molar-refractivity contribution in [2.45, 2.75) is 13.5 Å². The average Bonchev–Trinajstić information content (AvgIpc) is 2.67. The number of nitrogen functional groups attached to an aromatic ring is 1. The molecule has 2 rings (SSSR count). The summed E-state index contributed by atoms with van der Waals surface area (Å²) in [6.45, 7) is 2.30. The van der Waals surface area contributed by atoms with Crippen molar-refractivity contribution in [2.24, 2.45) is 0 Å². The van der Waals surface area contributed by atoms with Crippen molar-refractivity contribution >= 4 is 27.9 Å². The number of rotatable bonds is 2. The molecule has 2 aromatic rings. The maximum atomic E-state index is 11.4. The molecular formula is C7H8N4OS2. The molecule has 5 nitrogen and oxygen atoms in total. The molecule has 0 radical (unpaired) electrons. The molecule has 2 heterocycles. The number of thiazole rings is 1. The zero-order chi connectivity index (χ0) is 10.1. The topological polar surface area (TPSA) is 73.8 Å². The van der Waals surface area contributed by atoms with E-state index in [1.165, 1.54) is 11.3 Å². The fourth-order valence-electron chi connectivity index (χ4n) is 1.07. The number of anilines is 1. The van der Waals surface area contributed by atoms with Gasteiger partial charge in [0, 0.05) is 22.6 Å². The third-order valence-electron chi connectivity index (χ3n) is 1.87. The van der Waals surface area contributed by atoms with Crippen LogP contribution in [-0.2, 0) is 6.54 Å². The summed E-state index contributed by atoms with van der Waals surface area (Å²) < 4.78 is 5.35. The lowest BCUT2D eigenvalue weighted by atomic mass is 10.4. The van der Waals surface area contributed by atoms with Crippen LogP contribution in [0.2, 0.25) is 0 Å². The molecule has 0 amide bonds. The number of hydrogen-bond acceptors (Lipinski definition) is 6. The van der Waals surface area contributed by atoms with Gasteiger partial charge in [-0.1, -0.05) is 15.8 Å². The van der Waals surface area contributed by atoms with E-state index in [1.807, 2.05) is 12.3 Å². The Labute approximate surface area is 88.0 Å². The highest BCUT2D eigenvalue weighted by Crippen LogP contribution is 2.14. The number of aromatic nitrogens is 3. The smallest absolute Gasteiger partial charge is 0.307 e. The highest BCUT2D eigenvalue weighted by molar-refractivity contribution is 7.09. The van der Waals surface area contributed by atoms with Gasteiger partial charge in [0.15, 0.2) is 0 Å². The molecule has 0 aliphatic rings. The molecule has 0 bridgehead atoms. The molecule has 0 unspecified atom stereocenters. The highest BCUT2D eigenvalue weighted by Gasteiger charge is 2.08. The summed E-state index contributed by atoms with van der Waals surface area (Å²) in [6, 6.07) is 0. The van der Waals surface area contributed by atoms with Gasteiger partial charge in [-0.15, -0.1) is 5.10 Å². The van der Waals surface area contributed by atoms with Gasteiger partial charge in [-0.05, 0) is 6.92 Å². The van der Waals surface area contributed by atoms with E-state index < -0.39 is 0 Å². The maximum absolute atomic E-state index is 11.4. The third kappa shape index (κ3) is 1.55. The van der Waals surface area contributed by atoms with Gasteiger partial charge < -0.3 is 5.73 Å². The van der Waals surface area contributed by atoms with Gasteiger partial charge in [-0.25, -0.2) is 0 Å². The second-order valence-electron chi connectivity index (χ2n) is 2.81. The van der Waals surface area contributed by atoms with Gasteiger partial charge in [-0.3, -0.25) is 9.36 Å². The summed E-state index contributed by atoms with van der Waals surface area (Å²) in [7, 11) is 0. The van der Waals surface area contributed by atoms with Crippen molar-refractivity contribution in [1.82, 2.24) is 14.2 Å². The Morgan fingerprint density at radius 1 is 1.64 bits per heavy atom. The van der Waals surface area contributed by atoms with Crippen LogP contribution in [-0.4, -0.2) is 14.2 Å². The van der Waals surface area contributed by atoms with E-state index in [1.54, 1.807) is 4.57 Å². The van der Waals surface area contributed by atoms with Gasteiger partial charge in [0.25, 0.3) is 0 Å². The summed E-state index contributed by atoms with van der Waals surface area (Å²) in [5, 5.41) is 6.25. The Morgan fingerprint density at radius 2 is 2.43 bits per heavy atom. The standard InChI is InChI=1S/C7H8N4OS2/c1-4-3-13-7(12)11(4)2-5-6(8)14-10-9-5/h3H,2,8H2,1H3. The lowest BCUT2D eigenvalue weighted by molar-refractivity contribution is 0.733. The molecule has 0 aliphatic carbocycles. The molecule has 74 valence electrons. The van der Waals surface area contributed by atoms with E-state index in [0.717, 1.165) is 17.2 Å². The van der Waals surface area contributed by atoms with Crippen LogP contribution in [0.5, 0.6) is 0 Å². The molecule has 7 heteroatoms. The van der Waals surface area contributed by atoms with Crippen molar-refractivity contribution in [3.63, 3.8) is 0 Å². The van der Waals surface area contributed by atoms with Crippen molar-refractivity contribution < 1.29 is 0 Å². The Kier molecular flexibility index (Phi) is 2.34. The first-order chi connectivity index (χ1) is 6.68. The molecule has 0 saturated heterocycles. The molecule has 0 fully saturated rings. The second-order valence-corrected chi connectivity index (χ2v) is 4.42. The molecule has 0 spiro atoms.